The lowest BCUT2D eigenvalue weighted by atomic mass is 10.0. The second kappa shape index (κ2) is 5.29. The van der Waals surface area contributed by atoms with Crippen molar-refractivity contribution >= 4 is 11.5 Å². The van der Waals surface area contributed by atoms with Crippen LogP contribution >= 0.6 is 0 Å². The van der Waals surface area contributed by atoms with E-state index in [1.165, 1.54) is 14.0 Å². The Hall–Kier alpha value is -1.71. The molecule has 1 aromatic rings. The van der Waals surface area contributed by atoms with Crippen molar-refractivity contribution in [2.45, 2.75) is 33.2 Å². The Morgan fingerprint density at radius 1 is 1.17 bits per heavy atom. The first-order valence-corrected chi connectivity index (χ1v) is 5.84. The third-order valence-corrected chi connectivity index (χ3v) is 2.41. The first kappa shape index (κ1) is 14.4. The van der Waals surface area contributed by atoms with Gasteiger partial charge in [0.1, 0.15) is 0 Å². The summed E-state index contributed by atoms with van der Waals surface area (Å²) in [7, 11) is 3.09. The SMILES string of the molecule is COc1ccc(NC(C)(C)C)c(C(C)=O)c1OC. The number of ketones is 1. The van der Waals surface area contributed by atoms with Gasteiger partial charge in [-0.15, -0.1) is 0 Å². The molecular formula is C14H21NO3. The Bertz CT molecular complexity index is 447. The van der Waals surface area contributed by atoms with Crippen molar-refractivity contribution in [1.82, 2.24) is 0 Å². The van der Waals surface area contributed by atoms with E-state index >= 15 is 0 Å². The maximum atomic E-state index is 11.8. The van der Waals surface area contributed by atoms with E-state index < -0.39 is 0 Å². The zero-order chi connectivity index (χ0) is 13.9. The summed E-state index contributed by atoms with van der Waals surface area (Å²) < 4.78 is 10.5. The minimum absolute atomic E-state index is 0.0579. The molecular weight excluding hydrogens is 230 g/mol. The van der Waals surface area contributed by atoms with Crippen molar-refractivity contribution in [3.05, 3.63) is 17.7 Å². The first-order chi connectivity index (χ1) is 8.30. The summed E-state index contributed by atoms with van der Waals surface area (Å²) in [5.41, 5.74) is 1.14. The van der Waals surface area contributed by atoms with E-state index in [0.717, 1.165) is 5.69 Å². The fourth-order valence-corrected chi connectivity index (χ4v) is 1.78. The van der Waals surface area contributed by atoms with E-state index in [2.05, 4.69) is 5.32 Å². The van der Waals surface area contributed by atoms with Gasteiger partial charge in [0.25, 0.3) is 0 Å². The van der Waals surface area contributed by atoms with E-state index in [0.29, 0.717) is 17.1 Å². The summed E-state index contributed by atoms with van der Waals surface area (Å²) in [5.74, 6) is 0.971. The van der Waals surface area contributed by atoms with Crippen LogP contribution in [-0.4, -0.2) is 25.5 Å². The highest BCUT2D eigenvalue weighted by atomic mass is 16.5. The quantitative estimate of drug-likeness (QED) is 0.835. The van der Waals surface area contributed by atoms with Gasteiger partial charge in [0.05, 0.1) is 19.8 Å². The second-order valence-electron chi connectivity index (χ2n) is 5.15. The summed E-state index contributed by atoms with van der Waals surface area (Å²) in [5, 5.41) is 3.30. The molecule has 1 aromatic carbocycles. The number of carbonyl (C=O) groups excluding carboxylic acids is 1. The van der Waals surface area contributed by atoms with Gasteiger partial charge in [0.2, 0.25) is 0 Å². The van der Waals surface area contributed by atoms with E-state index in [-0.39, 0.29) is 11.3 Å². The third kappa shape index (κ3) is 3.15. The molecule has 4 heteroatoms. The minimum Gasteiger partial charge on any atom is -0.493 e. The van der Waals surface area contributed by atoms with Gasteiger partial charge in [-0.05, 0) is 39.8 Å². The van der Waals surface area contributed by atoms with Gasteiger partial charge in [0, 0.05) is 11.2 Å². The Morgan fingerprint density at radius 3 is 2.17 bits per heavy atom. The van der Waals surface area contributed by atoms with E-state index in [4.69, 9.17) is 9.47 Å². The highest BCUT2D eigenvalue weighted by Gasteiger charge is 2.21. The number of benzene rings is 1. The molecule has 0 aromatic heterocycles. The van der Waals surface area contributed by atoms with Gasteiger partial charge in [-0.2, -0.15) is 0 Å². The molecule has 0 aliphatic rings. The van der Waals surface area contributed by atoms with Gasteiger partial charge in [-0.3, -0.25) is 4.79 Å². The molecule has 1 rings (SSSR count). The van der Waals surface area contributed by atoms with Crippen LogP contribution in [0.25, 0.3) is 0 Å². The number of hydrogen-bond acceptors (Lipinski definition) is 4. The molecule has 0 atom stereocenters. The average Bonchev–Trinajstić information content (AvgIpc) is 2.25. The number of ether oxygens (including phenoxy) is 2. The maximum Gasteiger partial charge on any atom is 0.173 e. The molecule has 0 fully saturated rings. The predicted octanol–water partition coefficient (Wildman–Crippen LogP) is 3.12. The van der Waals surface area contributed by atoms with Crippen molar-refractivity contribution < 1.29 is 14.3 Å². The molecule has 4 nitrogen and oxygen atoms in total. The summed E-state index contributed by atoms with van der Waals surface area (Å²) in [6.45, 7) is 7.63. The molecule has 0 heterocycles. The van der Waals surface area contributed by atoms with E-state index in [1.54, 1.807) is 13.2 Å². The molecule has 18 heavy (non-hydrogen) atoms. The molecule has 1 N–H and O–H groups in total. The molecule has 0 spiro atoms. The van der Waals surface area contributed by atoms with Crippen LogP contribution in [0, 0.1) is 0 Å². The number of carbonyl (C=O) groups is 1. The first-order valence-electron chi connectivity index (χ1n) is 5.84. The molecule has 0 saturated heterocycles. The van der Waals surface area contributed by atoms with Crippen molar-refractivity contribution in [1.29, 1.82) is 0 Å². The number of rotatable bonds is 4. The summed E-state index contributed by atoms with van der Waals surface area (Å²) in [6.07, 6.45) is 0. The lowest BCUT2D eigenvalue weighted by molar-refractivity contribution is 0.101. The third-order valence-electron chi connectivity index (χ3n) is 2.41. The van der Waals surface area contributed by atoms with Gasteiger partial charge < -0.3 is 14.8 Å². The van der Waals surface area contributed by atoms with Crippen LogP contribution in [0.1, 0.15) is 38.1 Å². The van der Waals surface area contributed by atoms with Gasteiger partial charge >= 0.3 is 0 Å². The van der Waals surface area contributed by atoms with Gasteiger partial charge in [-0.1, -0.05) is 0 Å². The number of Topliss-reactive ketones (excluding diaryl/α,β-unsaturated/α-hetero) is 1. The smallest absolute Gasteiger partial charge is 0.173 e. The largest absolute Gasteiger partial charge is 0.493 e. The zero-order valence-corrected chi connectivity index (χ0v) is 11.9. The van der Waals surface area contributed by atoms with Crippen molar-refractivity contribution in [3.63, 3.8) is 0 Å². The van der Waals surface area contributed by atoms with E-state index in [1.807, 2.05) is 26.8 Å². The Kier molecular flexibility index (Phi) is 4.22. The topological polar surface area (TPSA) is 47.6 Å². The highest BCUT2D eigenvalue weighted by molar-refractivity contribution is 6.03. The molecule has 0 amide bonds. The molecule has 0 radical (unpaired) electrons. The number of hydrogen-bond donors (Lipinski definition) is 1. The molecule has 0 unspecified atom stereocenters. The zero-order valence-electron chi connectivity index (χ0n) is 11.9. The lowest BCUT2D eigenvalue weighted by Gasteiger charge is -2.25. The van der Waals surface area contributed by atoms with Crippen LogP contribution in [0.4, 0.5) is 5.69 Å². The number of nitrogens with one attached hydrogen (secondary N) is 1. The predicted molar refractivity (Wildman–Crippen MR) is 72.9 cm³/mol. The Morgan fingerprint density at radius 2 is 1.78 bits per heavy atom. The van der Waals surface area contributed by atoms with Crippen molar-refractivity contribution in [3.8, 4) is 11.5 Å². The van der Waals surface area contributed by atoms with E-state index in [9.17, 15) is 4.79 Å². The maximum absolute atomic E-state index is 11.8. The van der Waals surface area contributed by atoms with Crippen LogP contribution in [0.15, 0.2) is 12.1 Å². The second-order valence-corrected chi connectivity index (χ2v) is 5.15. The summed E-state index contributed by atoms with van der Waals surface area (Å²) in [4.78, 5) is 11.8. The molecule has 0 bridgehead atoms. The summed E-state index contributed by atoms with van der Waals surface area (Å²) >= 11 is 0. The fourth-order valence-electron chi connectivity index (χ4n) is 1.78. The molecule has 0 aliphatic heterocycles. The standard InChI is InChI=1S/C14H21NO3/c1-9(16)12-10(15-14(2,3)4)7-8-11(17-5)13(12)18-6/h7-8,15H,1-6H3. The fraction of sp³-hybridized carbons (Fsp3) is 0.500. The van der Waals surface area contributed by atoms with Crippen LogP contribution < -0.4 is 14.8 Å². The van der Waals surface area contributed by atoms with Crippen molar-refractivity contribution in [2.75, 3.05) is 19.5 Å². The average molecular weight is 251 g/mol. The van der Waals surface area contributed by atoms with Crippen LogP contribution in [0.5, 0.6) is 11.5 Å². The minimum atomic E-state index is -0.135. The van der Waals surface area contributed by atoms with Crippen LogP contribution in [-0.2, 0) is 0 Å². The van der Waals surface area contributed by atoms with Crippen LogP contribution in [0.3, 0.4) is 0 Å². The van der Waals surface area contributed by atoms with Crippen molar-refractivity contribution in [2.24, 2.45) is 0 Å². The Balaban J connectivity index is 3.39. The van der Waals surface area contributed by atoms with Crippen LogP contribution in [0.2, 0.25) is 0 Å². The number of methoxy groups -OCH3 is 2. The molecule has 100 valence electrons. The normalized spacial score (nSPS) is 11.0. The number of anilines is 1. The molecule has 0 aliphatic carbocycles. The molecule has 0 saturated carbocycles. The highest BCUT2D eigenvalue weighted by Crippen LogP contribution is 2.37. The summed E-state index contributed by atoms with van der Waals surface area (Å²) in [6, 6.07) is 3.63. The van der Waals surface area contributed by atoms with Gasteiger partial charge in [-0.25, -0.2) is 0 Å². The lowest BCUT2D eigenvalue weighted by Crippen LogP contribution is -2.27. The monoisotopic (exact) mass is 251 g/mol. The van der Waals surface area contributed by atoms with Gasteiger partial charge in [0.15, 0.2) is 17.3 Å². The Labute approximate surface area is 108 Å².